The highest BCUT2D eigenvalue weighted by atomic mass is 32.2. The molecule has 1 N–H and O–H groups in total. The van der Waals surface area contributed by atoms with Gasteiger partial charge < -0.3 is 5.11 Å². The van der Waals surface area contributed by atoms with Crippen LogP contribution in [0.5, 0.6) is 0 Å². The molecule has 1 aliphatic heterocycles. The number of aliphatic hydroxyl groups excluding tert-OH is 1. The van der Waals surface area contributed by atoms with Crippen LogP contribution in [0.2, 0.25) is 0 Å². The second kappa shape index (κ2) is 2.71. The summed E-state index contributed by atoms with van der Waals surface area (Å²) in [6.07, 6.45) is 0.350. The van der Waals surface area contributed by atoms with Crippen LogP contribution in [0.25, 0.3) is 0 Å². The number of rotatable bonds is 0. The SMILES string of the molecule is CC1=NC(O)CC(C)S1. The molecule has 2 nitrogen and oxygen atoms in total. The van der Waals surface area contributed by atoms with Gasteiger partial charge in [0.15, 0.2) is 0 Å². The van der Waals surface area contributed by atoms with Crippen molar-refractivity contribution in [3.05, 3.63) is 0 Å². The summed E-state index contributed by atoms with van der Waals surface area (Å²) in [5.74, 6) is 0. The van der Waals surface area contributed by atoms with Crippen LogP contribution in [0.1, 0.15) is 20.3 Å². The highest BCUT2D eigenvalue weighted by molar-refractivity contribution is 8.14. The van der Waals surface area contributed by atoms with Crippen molar-refractivity contribution in [2.75, 3.05) is 0 Å². The van der Waals surface area contributed by atoms with Crippen LogP contribution in [-0.2, 0) is 0 Å². The minimum atomic E-state index is -0.443. The third-order valence-electron chi connectivity index (χ3n) is 1.25. The molecular weight excluding hydrogens is 134 g/mol. The van der Waals surface area contributed by atoms with Gasteiger partial charge in [0.2, 0.25) is 0 Å². The van der Waals surface area contributed by atoms with Crippen molar-refractivity contribution in [2.24, 2.45) is 4.99 Å². The Labute approximate surface area is 59.4 Å². The Balaban J connectivity index is 2.56. The lowest BCUT2D eigenvalue weighted by Crippen LogP contribution is -2.18. The predicted octanol–water partition coefficient (Wildman–Crippen LogP) is 1.25. The molecule has 0 radical (unpaired) electrons. The second-order valence-electron chi connectivity index (χ2n) is 2.29. The van der Waals surface area contributed by atoms with Crippen molar-refractivity contribution in [2.45, 2.75) is 31.7 Å². The third kappa shape index (κ3) is 1.99. The van der Waals surface area contributed by atoms with Crippen molar-refractivity contribution in [1.82, 2.24) is 0 Å². The molecule has 0 bridgehead atoms. The van der Waals surface area contributed by atoms with Gasteiger partial charge in [0, 0.05) is 11.7 Å². The topological polar surface area (TPSA) is 32.6 Å². The molecule has 1 rings (SSSR count). The van der Waals surface area contributed by atoms with Gasteiger partial charge in [0.05, 0.1) is 5.04 Å². The molecule has 0 aliphatic carbocycles. The molecule has 0 fully saturated rings. The Morgan fingerprint density at radius 1 is 1.78 bits per heavy atom. The highest BCUT2D eigenvalue weighted by Crippen LogP contribution is 2.23. The fourth-order valence-electron chi connectivity index (χ4n) is 0.929. The number of thioether (sulfide) groups is 1. The molecule has 2 unspecified atom stereocenters. The molecule has 0 aromatic carbocycles. The number of aliphatic hydroxyl groups is 1. The van der Waals surface area contributed by atoms with E-state index in [9.17, 15) is 0 Å². The first-order chi connectivity index (χ1) is 4.18. The molecule has 0 spiro atoms. The first-order valence-corrected chi connectivity index (χ1v) is 3.95. The van der Waals surface area contributed by atoms with Gasteiger partial charge in [-0.3, -0.25) is 4.99 Å². The summed E-state index contributed by atoms with van der Waals surface area (Å²) in [6.45, 7) is 4.04. The van der Waals surface area contributed by atoms with E-state index in [1.165, 1.54) is 0 Å². The summed E-state index contributed by atoms with van der Waals surface area (Å²) >= 11 is 1.73. The lowest BCUT2D eigenvalue weighted by molar-refractivity contribution is 0.174. The summed E-state index contributed by atoms with van der Waals surface area (Å²) in [4.78, 5) is 3.97. The minimum Gasteiger partial charge on any atom is -0.372 e. The van der Waals surface area contributed by atoms with Crippen molar-refractivity contribution < 1.29 is 5.11 Å². The monoisotopic (exact) mass is 145 g/mol. The zero-order valence-electron chi connectivity index (χ0n) is 5.66. The van der Waals surface area contributed by atoms with Crippen LogP contribution in [0, 0.1) is 0 Å². The lowest BCUT2D eigenvalue weighted by Gasteiger charge is -2.18. The van der Waals surface area contributed by atoms with Gasteiger partial charge in [0.25, 0.3) is 0 Å². The first-order valence-electron chi connectivity index (χ1n) is 3.07. The van der Waals surface area contributed by atoms with Gasteiger partial charge in [-0.25, -0.2) is 0 Å². The summed E-state index contributed by atoms with van der Waals surface area (Å²) in [7, 11) is 0. The van der Waals surface area contributed by atoms with Crippen molar-refractivity contribution in [3.63, 3.8) is 0 Å². The molecule has 0 saturated heterocycles. The summed E-state index contributed by atoms with van der Waals surface area (Å²) in [5, 5.41) is 10.6. The minimum absolute atomic E-state index is 0.443. The maximum absolute atomic E-state index is 9.05. The largest absolute Gasteiger partial charge is 0.372 e. The highest BCUT2D eigenvalue weighted by Gasteiger charge is 2.15. The van der Waals surface area contributed by atoms with E-state index in [4.69, 9.17) is 5.11 Å². The van der Waals surface area contributed by atoms with E-state index >= 15 is 0 Å². The average Bonchev–Trinajstić information content (AvgIpc) is 1.59. The van der Waals surface area contributed by atoms with Gasteiger partial charge in [-0.05, 0) is 6.92 Å². The van der Waals surface area contributed by atoms with E-state index in [0.29, 0.717) is 5.25 Å². The van der Waals surface area contributed by atoms with Crippen LogP contribution in [-0.4, -0.2) is 21.6 Å². The van der Waals surface area contributed by atoms with Gasteiger partial charge in [-0.15, -0.1) is 11.8 Å². The van der Waals surface area contributed by atoms with Gasteiger partial charge in [-0.1, -0.05) is 6.92 Å². The van der Waals surface area contributed by atoms with E-state index in [1.54, 1.807) is 11.8 Å². The smallest absolute Gasteiger partial charge is 0.147 e. The van der Waals surface area contributed by atoms with Gasteiger partial charge >= 0.3 is 0 Å². The summed E-state index contributed by atoms with van der Waals surface area (Å²) in [6, 6.07) is 0. The molecule has 1 heterocycles. The Bertz CT molecular complexity index is 135. The molecule has 0 amide bonds. The molecule has 1 aliphatic rings. The fraction of sp³-hybridized carbons (Fsp3) is 0.833. The number of nitrogens with zero attached hydrogens (tertiary/aromatic N) is 1. The standard InChI is InChI=1S/C6H11NOS/c1-4-3-6(8)7-5(2)9-4/h4,6,8H,3H2,1-2H3. The molecule has 0 aromatic heterocycles. The Morgan fingerprint density at radius 3 is 2.89 bits per heavy atom. The van der Waals surface area contributed by atoms with E-state index in [-0.39, 0.29) is 0 Å². The maximum atomic E-state index is 9.05. The zero-order chi connectivity index (χ0) is 6.85. The normalized spacial score (nSPS) is 36.1. The molecule has 0 saturated carbocycles. The van der Waals surface area contributed by atoms with Crippen molar-refractivity contribution in [1.29, 1.82) is 0 Å². The Kier molecular flexibility index (Phi) is 2.13. The second-order valence-corrected chi connectivity index (χ2v) is 3.92. The maximum Gasteiger partial charge on any atom is 0.147 e. The quantitative estimate of drug-likeness (QED) is 0.556. The third-order valence-corrected chi connectivity index (χ3v) is 2.29. The molecular formula is C6H11NOS. The van der Waals surface area contributed by atoms with Crippen molar-refractivity contribution in [3.8, 4) is 0 Å². The van der Waals surface area contributed by atoms with E-state index in [2.05, 4.69) is 11.9 Å². The summed E-state index contributed by atoms with van der Waals surface area (Å²) < 4.78 is 0. The van der Waals surface area contributed by atoms with Gasteiger partial charge in [0.1, 0.15) is 6.23 Å². The van der Waals surface area contributed by atoms with Crippen LogP contribution in [0.15, 0.2) is 4.99 Å². The van der Waals surface area contributed by atoms with Crippen LogP contribution in [0.3, 0.4) is 0 Å². The zero-order valence-corrected chi connectivity index (χ0v) is 6.48. The Morgan fingerprint density at radius 2 is 2.44 bits per heavy atom. The Hall–Kier alpha value is -0.0200. The number of hydrogen-bond acceptors (Lipinski definition) is 3. The molecule has 3 heteroatoms. The van der Waals surface area contributed by atoms with Crippen LogP contribution >= 0.6 is 11.8 Å². The summed E-state index contributed by atoms with van der Waals surface area (Å²) in [5.41, 5.74) is 0. The number of hydrogen-bond donors (Lipinski definition) is 1. The number of aliphatic imine (C=N–C) groups is 1. The molecule has 52 valence electrons. The first kappa shape index (κ1) is 7.09. The van der Waals surface area contributed by atoms with Crippen molar-refractivity contribution >= 4 is 16.8 Å². The molecule has 2 atom stereocenters. The fourth-order valence-corrected chi connectivity index (χ4v) is 1.96. The molecule has 0 aromatic rings. The molecule has 9 heavy (non-hydrogen) atoms. The van der Waals surface area contributed by atoms with E-state index < -0.39 is 6.23 Å². The van der Waals surface area contributed by atoms with Gasteiger partial charge in [-0.2, -0.15) is 0 Å². The van der Waals surface area contributed by atoms with E-state index in [1.807, 2.05) is 6.92 Å². The van der Waals surface area contributed by atoms with Crippen LogP contribution < -0.4 is 0 Å². The predicted molar refractivity (Wildman–Crippen MR) is 40.8 cm³/mol. The average molecular weight is 145 g/mol. The lowest BCUT2D eigenvalue weighted by atomic mass is 10.3. The van der Waals surface area contributed by atoms with E-state index in [0.717, 1.165) is 11.5 Å². The van der Waals surface area contributed by atoms with Crippen LogP contribution in [0.4, 0.5) is 0 Å².